The molecule has 2 atom stereocenters. The van der Waals surface area contributed by atoms with Crippen LogP contribution in [-0.4, -0.2) is 58.3 Å². The summed E-state index contributed by atoms with van der Waals surface area (Å²) in [6, 6.07) is 5.06. The van der Waals surface area contributed by atoms with E-state index in [2.05, 4.69) is 10.4 Å². The summed E-state index contributed by atoms with van der Waals surface area (Å²) in [5.41, 5.74) is -2.37. The van der Waals surface area contributed by atoms with E-state index in [0.717, 1.165) is 17.9 Å². The first kappa shape index (κ1) is 23.7. The minimum atomic E-state index is -4.98. The van der Waals surface area contributed by atoms with E-state index in [0.29, 0.717) is 18.9 Å². The molecule has 34 heavy (non-hydrogen) atoms. The lowest BCUT2D eigenvalue weighted by Crippen LogP contribution is -2.48. The monoisotopic (exact) mass is 495 g/mol. The van der Waals surface area contributed by atoms with Crippen molar-refractivity contribution in [3.05, 3.63) is 42.2 Å². The molecule has 1 aromatic heterocycles. The van der Waals surface area contributed by atoms with Gasteiger partial charge in [-0.3, -0.25) is 9.59 Å². The number of carbonyl (C=O) groups excluding carboxylic acids is 2. The maximum atomic E-state index is 13.9. The zero-order valence-electron chi connectivity index (χ0n) is 17.9. The van der Waals surface area contributed by atoms with Crippen molar-refractivity contribution in [2.45, 2.75) is 54.1 Å². The summed E-state index contributed by atoms with van der Waals surface area (Å²) in [6.07, 6.45) is -1.71. The van der Waals surface area contributed by atoms with Gasteiger partial charge in [0.1, 0.15) is 11.6 Å². The summed E-state index contributed by atoms with van der Waals surface area (Å²) in [5.74, 6) is -1.29. The van der Waals surface area contributed by atoms with Gasteiger partial charge in [-0.2, -0.15) is 23.5 Å². The third-order valence-electron chi connectivity index (χ3n) is 6.08. The number of benzene rings is 1. The summed E-state index contributed by atoms with van der Waals surface area (Å²) >= 11 is 0. The van der Waals surface area contributed by atoms with Gasteiger partial charge in [-0.1, -0.05) is 0 Å². The van der Waals surface area contributed by atoms with Crippen molar-refractivity contribution < 1.29 is 31.2 Å². The lowest BCUT2D eigenvalue weighted by atomic mass is 10.1. The maximum Gasteiger partial charge on any atom is 0.417 e. The van der Waals surface area contributed by atoms with Gasteiger partial charge in [-0.25, -0.2) is 13.1 Å². The van der Waals surface area contributed by atoms with Gasteiger partial charge in [-0.15, -0.1) is 0 Å². The number of nitrogens with zero attached hydrogens (tertiary/aromatic N) is 4. The highest BCUT2D eigenvalue weighted by molar-refractivity contribution is 7.92. The fraction of sp³-hybridized carbons (Fsp3) is 0.429. The Hall–Kier alpha value is -3.40. The molecule has 4 rings (SSSR count). The van der Waals surface area contributed by atoms with Crippen LogP contribution in [0.2, 0.25) is 0 Å². The molecule has 180 valence electrons. The third kappa shape index (κ3) is 4.25. The van der Waals surface area contributed by atoms with Crippen molar-refractivity contribution >= 4 is 21.7 Å². The topological polar surface area (TPSA) is 125 Å². The fourth-order valence-electron chi connectivity index (χ4n) is 4.06. The maximum absolute atomic E-state index is 13.9. The molecule has 2 aromatic rings. The van der Waals surface area contributed by atoms with Gasteiger partial charge in [0, 0.05) is 25.9 Å². The first-order chi connectivity index (χ1) is 15.9. The van der Waals surface area contributed by atoms with Crippen LogP contribution in [0.4, 0.5) is 13.2 Å². The molecule has 1 saturated carbocycles. The number of nitriles is 1. The number of sulfone groups is 1. The Kier molecular flexibility index (Phi) is 5.67. The second-order valence-electron chi connectivity index (χ2n) is 8.40. The van der Waals surface area contributed by atoms with Crippen molar-refractivity contribution in [2.24, 2.45) is 0 Å². The normalized spacial score (nSPS) is 21.7. The number of halogens is 3. The number of hydrogen-bond acceptors (Lipinski definition) is 6. The first-order valence-corrected chi connectivity index (χ1v) is 11.9. The average molecular weight is 495 g/mol. The van der Waals surface area contributed by atoms with Crippen LogP contribution < -0.4 is 5.32 Å². The van der Waals surface area contributed by atoms with Crippen LogP contribution in [0.25, 0.3) is 5.69 Å². The lowest BCUT2D eigenvalue weighted by Gasteiger charge is -2.23. The van der Waals surface area contributed by atoms with Crippen molar-refractivity contribution in [3.8, 4) is 11.8 Å². The van der Waals surface area contributed by atoms with Crippen LogP contribution in [0.15, 0.2) is 41.6 Å². The third-order valence-corrected chi connectivity index (χ3v) is 8.27. The average Bonchev–Trinajstić information content (AvgIpc) is 3.19. The molecule has 2 heterocycles. The molecule has 2 fully saturated rings. The largest absolute Gasteiger partial charge is 0.417 e. The SMILES string of the molecule is CC(=O)N1C[C@H](S(=O)(=O)c2ccc(-n3cccn3)cc2C(F)(F)F)C[C@H]1C(=O)NC1(C#N)CC1. The van der Waals surface area contributed by atoms with Crippen LogP contribution in [0.1, 0.15) is 31.7 Å². The van der Waals surface area contributed by atoms with Gasteiger partial charge in [0.25, 0.3) is 0 Å². The second-order valence-corrected chi connectivity index (χ2v) is 10.6. The number of hydrogen-bond donors (Lipinski definition) is 1. The molecule has 0 radical (unpaired) electrons. The summed E-state index contributed by atoms with van der Waals surface area (Å²) in [4.78, 5) is 25.0. The highest BCUT2D eigenvalue weighted by Crippen LogP contribution is 2.39. The molecule has 1 saturated heterocycles. The standard InChI is InChI=1S/C21H20F3N5O4S/c1-13(30)28-11-15(10-17(28)19(31)27-20(12-25)5-6-20)34(32,33)18-4-3-14(29-8-2-7-26-29)9-16(18)21(22,23)24/h2-4,7-9,15,17H,5-6,10-11H2,1H3,(H,27,31)/t15-,17+/m1/s1. The van der Waals surface area contributed by atoms with E-state index in [4.69, 9.17) is 0 Å². The van der Waals surface area contributed by atoms with E-state index in [-0.39, 0.29) is 12.1 Å². The molecule has 1 aliphatic heterocycles. The molecule has 0 spiro atoms. The smallest absolute Gasteiger partial charge is 0.336 e. The summed E-state index contributed by atoms with van der Waals surface area (Å²) < 4.78 is 69.5. The highest BCUT2D eigenvalue weighted by atomic mass is 32.2. The van der Waals surface area contributed by atoms with Crippen molar-refractivity contribution in [3.63, 3.8) is 0 Å². The van der Waals surface area contributed by atoms with Gasteiger partial charge < -0.3 is 10.2 Å². The Morgan fingerprint density at radius 2 is 2.00 bits per heavy atom. The van der Waals surface area contributed by atoms with Crippen molar-refractivity contribution in [1.82, 2.24) is 20.0 Å². The molecule has 0 bridgehead atoms. The molecule has 13 heteroatoms. The quantitative estimate of drug-likeness (QED) is 0.675. The van der Waals surface area contributed by atoms with Gasteiger partial charge in [-0.05, 0) is 43.5 Å². The van der Waals surface area contributed by atoms with Crippen molar-refractivity contribution in [1.29, 1.82) is 5.26 Å². The van der Waals surface area contributed by atoms with E-state index in [9.17, 15) is 36.4 Å². The Labute approximate surface area is 193 Å². The molecule has 1 N–H and O–H groups in total. The molecule has 2 aliphatic rings. The molecular formula is C21H20F3N5O4S. The molecule has 0 unspecified atom stereocenters. The molecular weight excluding hydrogens is 475 g/mol. The summed E-state index contributed by atoms with van der Waals surface area (Å²) in [6.45, 7) is 0.708. The lowest BCUT2D eigenvalue weighted by molar-refractivity contribution is -0.140. The number of rotatable bonds is 5. The van der Waals surface area contributed by atoms with E-state index in [1.807, 2.05) is 6.07 Å². The van der Waals surface area contributed by atoms with Gasteiger partial charge in [0.15, 0.2) is 9.84 Å². The number of nitrogens with one attached hydrogen (secondary N) is 1. The fourth-order valence-corrected chi connectivity index (χ4v) is 5.95. The van der Waals surface area contributed by atoms with Crippen LogP contribution in [-0.2, 0) is 25.6 Å². The highest BCUT2D eigenvalue weighted by Gasteiger charge is 2.50. The number of alkyl halides is 3. The van der Waals surface area contributed by atoms with Crippen LogP contribution >= 0.6 is 0 Å². The minimum Gasteiger partial charge on any atom is -0.336 e. The number of aromatic nitrogens is 2. The van der Waals surface area contributed by atoms with Gasteiger partial charge in [0.2, 0.25) is 11.8 Å². The number of likely N-dealkylation sites (tertiary alicyclic amines) is 1. The predicted molar refractivity (Wildman–Crippen MR) is 111 cm³/mol. The Morgan fingerprint density at radius 1 is 1.29 bits per heavy atom. The Bertz CT molecular complexity index is 1280. The molecule has 9 nitrogen and oxygen atoms in total. The van der Waals surface area contributed by atoms with E-state index >= 15 is 0 Å². The van der Waals surface area contributed by atoms with Gasteiger partial charge in [0.05, 0.1) is 27.5 Å². The second kappa shape index (κ2) is 8.12. The van der Waals surface area contributed by atoms with E-state index in [1.54, 1.807) is 0 Å². The molecule has 2 amide bonds. The minimum absolute atomic E-state index is 0.0246. The Morgan fingerprint density at radius 3 is 2.53 bits per heavy atom. The van der Waals surface area contributed by atoms with Gasteiger partial charge >= 0.3 is 6.18 Å². The predicted octanol–water partition coefficient (Wildman–Crippen LogP) is 1.83. The van der Waals surface area contributed by atoms with Crippen LogP contribution in [0, 0.1) is 11.3 Å². The molecule has 1 aromatic carbocycles. The van der Waals surface area contributed by atoms with Crippen LogP contribution in [0.3, 0.4) is 0 Å². The van der Waals surface area contributed by atoms with Crippen molar-refractivity contribution in [2.75, 3.05) is 6.54 Å². The van der Waals surface area contributed by atoms with E-state index < -0.39 is 61.7 Å². The summed E-state index contributed by atoms with van der Waals surface area (Å²) in [7, 11) is -4.59. The van der Waals surface area contributed by atoms with E-state index in [1.165, 1.54) is 29.2 Å². The zero-order valence-corrected chi connectivity index (χ0v) is 18.7. The molecule has 1 aliphatic carbocycles. The zero-order chi connectivity index (χ0) is 24.9. The van der Waals surface area contributed by atoms with Crippen LogP contribution in [0.5, 0.6) is 0 Å². The summed E-state index contributed by atoms with van der Waals surface area (Å²) in [5, 5.41) is 14.2. The number of amides is 2. The first-order valence-electron chi connectivity index (χ1n) is 10.3. The number of carbonyl (C=O) groups is 2. The Balaban J connectivity index is 1.68.